The number of aryl methyl sites for hydroxylation is 1. The number of thioether (sulfide) groups is 1. The monoisotopic (exact) mass is 306 g/mol. The molecule has 0 saturated carbocycles. The molecule has 0 aliphatic rings. The molecule has 2 nitrogen and oxygen atoms in total. The number of benzene rings is 2. The smallest absolute Gasteiger partial charge is 0.317 e. The first kappa shape index (κ1) is 14.9. The van der Waals surface area contributed by atoms with Gasteiger partial charge in [-0.05, 0) is 43.2 Å². The number of rotatable bonds is 5. The Balaban J connectivity index is 2.11. The van der Waals surface area contributed by atoms with E-state index in [0.29, 0.717) is 11.4 Å². The largest absolute Gasteiger partial charge is 0.480 e. The van der Waals surface area contributed by atoms with Gasteiger partial charge in [-0.2, -0.15) is 0 Å². The van der Waals surface area contributed by atoms with Crippen LogP contribution in [0.5, 0.6) is 0 Å². The van der Waals surface area contributed by atoms with Crippen molar-refractivity contribution in [3.8, 4) is 0 Å². The van der Waals surface area contributed by atoms with Crippen molar-refractivity contribution < 1.29 is 9.90 Å². The van der Waals surface area contributed by atoms with Crippen LogP contribution in [0, 0.1) is 6.92 Å². The van der Waals surface area contributed by atoms with Crippen LogP contribution in [0.15, 0.2) is 53.4 Å². The van der Waals surface area contributed by atoms with Crippen LogP contribution in [-0.2, 0) is 11.2 Å². The first-order valence-electron chi connectivity index (χ1n) is 6.25. The Bertz CT molecular complexity index is 596. The molecule has 2 rings (SSSR count). The zero-order chi connectivity index (χ0) is 14.5. The number of hydrogen-bond acceptors (Lipinski definition) is 2. The molecule has 104 valence electrons. The van der Waals surface area contributed by atoms with E-state index < -0.39 is 11.2 Å². The van der Waals surface area contributed by atoms with E-state index in [2.05, 4.69) is 0 Å². The highest BCUT2D eigenvalue weighted by molar-refractivity contribution is 8.00. The second-order valence-electron chi connectivity index (χ2n) is 4.59. The van der Waals surface area contributed by atoms with Crippen molar-refractivity contribution in [2.24, 2.45) is 0 Å². The fraction of sp³-hybridized carbons (Fsp3) is 0.188. The molecular formula is C16H15ClO2S. The van der Waals surface area contributed by atoms with Gasteiger partial charge in [-0.15, -0.1) is 11.8 Å². The topological polar surface area (TPSA) is 37.3 Å². The normalized spacial score (nSPS) is 12.1. The number of carboxylic acid groups (broad SMARTS) is 1. The number of carboxylic acids is 1. The summed E-state index contributed by atoms with van der Waals surface area (Å²) < 4.78 is 0. The molecule has 20 heavy (non-hydrogen) atoms. The van der Waals surface area contributed by atoms with E-state index in [1.54, 1.807) is 12.1 Å². The lowest BCUT2D eigenvalue weighted by atomic mass is 10.1. The predicted molar refractivity (Wildman–Crippen MR) is 83.6 cm³/mol. The summed E-state index contributed by atoms with van der Waals surface area (Å²) in [6.45, 7) is 2.01. The van der Waals surface area contributed by atoms with Gasteiger partial charge in [0.05, 0.1) is 0 Å². The Kier molecular flexibility index (Phi) is 5.10. The minimum Gasteiger partial charge on any atom is -0.480 e. The van der Waals surface area contributed by atoms with Gasteiger partial charge in [0.2, 0.25) is 0 Å². The van der Waals surface area contributed by atoms with Crippen molar-refractivity contribution in [1.29, 1.82) is 0 Å². The molecule has 2 aromatic rings. The second kappa shape index (κ2) is 6.82. The van der Waals surface area contributed by atoms with Gasteiger partial charge in [0, 0.05) is 9.92 Å². The Morgan fingerprint density at radius 1 is 1.25 bits per heavy atom. The lowest BCUT2D eigenvalue weighted by molar-refractivity contribution is -0.136. The number of aliphatic carboxylic acids is 1. The van der Waals surface area contributed by atoms with Gasteiger partial charge in [-0.1, -0.05) is 41.4 Å². The predicted octanol–water partition coefficient (Wildman–Crippen LogP) is 4.44. The molecule has 0 bridgehead atoms. The maximum atomic E-state index is 11.4. The minimum atomic E-state index is -0.800. The highest BCUT2D eigenvalue weighted by atomic mass is 35.5. The van der Waals surface area contributed by atoms with Crippen molar-refractivity contribution in [2.75, 3.05) is 0 Å². The first-order valence-corrected chi connectivity index (χ1v) is 7.51. The van der Waals surface area contributed by atoms with E-state index in [9.17, 15) is 9.90 Å². The number of carbonyl (C=O) groups is 1. The van der Waals surface area contributed by atoms with Crippen LogP contribution >= 0.6 is 23.4 Å². The summed E-state index contributed by atoms with van der Waals surface area (Å²) >= 11 is 7.18. The zero-order valence-electron chi connectivity index (χ0n) is 11.0. The molecule has 0 heterocycles. The Morgan fingerprint density at radius 2 is 1.95 bits per heavy atom. The summed E-state index contributed by atoms with van der Waals surface area (Å²) in [7, 11) is 0. The van der Waals surface area contributed by atoms with Gasteiger partial charge >= 0.3 is 5.97 Å². The van der Waals surface area contributed by atoms with Crippen LogP contribution in [0.3, 0.4) is 0 Å². The third-order valence-corrected chi connectivity index (χ3v) is 4.32. The highest BCUT2D eigenvalue weighted by Gasteiger charge is 2.19. The quantitative estimate of drug-likeness (QED) is 0.830. The van der Waals surface area contributed by atoms with Gasteiger partial charge in [-0.3, -0.25) is 4.79 Å². The molecule has 0 fully saturated rings. The fourth-order valence-electron chi connectivity index (χ4n) is 1.91. The Labute approximate surface area is 127 Å². The molecule has 0 aromatic heterocycles. The first-order chi connectivity index (χ1) is 9.54. The van der Waals surface area contributed by atoms with Crippen LogP contribution in [0.4, 0.5) is 0 Å². The van der Waals surface area contributed by atoms with E-state index in [-0.39, 0.29) is 0 Å². The van der Waals surface area contributed by atoms with E-state index in [0.717, 1.165) is 16.0 Å². The molecule has 1 atom stereocenters. The zero-order valence-corrected chi connectivity index (χ0v) is 12.6. The van der Waals surface area contributed by atoms with Crippen molar-refractivity contribution in [3.05, 3.63) is 64.7 Å². The average Bonchev–Trinajstić information content (AvgIpc) is 2.40. The Hall–Kier alpha value is -1.45. The fourth-order valence-corrected chi connectivity index (χ4v) is 3.03. The van der Waals surface area contributed by atoms with Crippen LogP contribution in [0.1, 0.15) is 11.1 Å². The molecule has 2 aromatic carbocycles. The third-order valence-electron chi connectivity index (χ3n) is 2.87. The van der Waals surface area contributed by atoms with Gasteiger partial charge in [0.15, 0.2) is 0 Å². The van der Waals surface area contributed by atoms with E-state index in [4.69, 9.17) is 11.6 Å². The highest BCUT2D eigenvalue weighted by Crippen LogP contribution is 2.27. The second-order valence-corrected chi connectivity index (χ2v) is 6.30. The SMILES string of the molecule is Cc1cccc(C[C@H](Sc2ccc(Cl)cc2)C(=O)O)c1. The van der Waals surface area contributed by atoms with Crippen molar-refractivity contribution in [2.45, 2.75) is 23.5 Å². The van der Waals surface area contributed by atoms with Crippen LogP contribution in [0.25, 0.3) is 0 Å². The van der Waals surface area contributed by atoms with Crippen molar-refractivity contribution in [1.82, 2.24) is 0 Å². The minimum absolute atomic E-state index is 0.502. The molecule has 0 spiro atoms. The lowest BCUT2D eigenvalue weighted by Crippen LogP contribution is -2.19. The molecule has 0 aliphatic carbocycles. The summed E-state index contributed by atoms with van der Waals surface area (Å²) in [4.78, 5) is 12.3. The molecule has 0 saturated heterocycles. The Morgan fingerprint density at radius 3 is 2.55 bits per heavy atom. The molecule has 4 heteroatoms. The summed E-state index contributed by atoms with van der Waals surface area (Å²) in [6, 6.07) is 15.2. The van der Waals surface area contributed by atoms with Gasteiger partial charge < -0.3 is 5.11 Å². The summed E-state index contributed by atoms with van der Waals surface area (Å²) in [5.41, 5.74) is 2.18. The van der Waals surface area contributed by atoms with Gasteiger partial charge in [0.1, 0.15) is 5.25 Å². The molecule has 0 radical (unpaired) electrons. The maximum Gasteiger partial charge on any atom is 0.317 e. The van der Waals surface area contributed by atoms with Crippen LogP contribution in [0.2, 0.25) is 5.02 Å². The summed E-state index contributed by atoms with van der Waals surface area (Å²) in [6.07, 6.45) is 0.504. The van der Waals surface area contributed by atoms with Crippen molar-refractivity contribution in [3.63, 3.8) is 0 Å². The van der Waals surface area contributed by atoms with Crippen molar-refractivity contribution >= 4 is 29.3 Å². The molecular weight excluding hydrogens is 292 g/mol. The molecule has 0 aliphatic heterocycles. The average molecular weight is 307 g/mol. The van der Waals surface area contributed by atoms with E-state index in [1.807, 2.05) is 43.3 Å². The van der Waals surface area contributed by atoms with Crippen LogP contribution in [-0.4, -0.2) is 16.3 Å². The molecule has 0 unspecified atom stereocenters. The number of halogens is 1. The molecule has 1 N–H and O–H groups in total. The van der Waals surface area contributed by atoms with Gasteiger partial charge in [0.25, 0.3) is 0 Å². The maximum absolute atomic E-state index is 11.4. The van der Waals surface area contributed by atoms with E-state index >= 15 is 0 Å². The van der Waals surface area contributed by atoms with Crippen LogP contribution < -0.4 is 0 Å². The van der Waals surface area contributed by atoms with Gasteiger partial charge in [-0.25, -0.2) is 0 Å². The lowest BCUT2D eigenvalue weighted by Gasteiger charge is -2.12. The summed E-state index contributed by atoms with van der Waals surface area (Å²) in [5, 5.41) is 9.52. The number of hydrogen-bond donors (Lipinski definition) is 1. The van der Waals surface area contributed by atoms with E-state index in [1.165, 1.54) is 11.8 Å². The third kappa shape index (κ3) is 4.29. The molecule has 0 amide bonds. The summed E-state index contributed by atoms with van der Waals surface area (Å²) in [5.74, 6) is -0.800. The standard InChI is InChI=1S/C16H15ClO2S/c1-11-3-2-4-12(9-11)10-15(16(18)19)20-14-7-5-13(17)6-8-14/h2-9,15H,10H2,1H3,(H,18,19)/t15-/m0/s1.